The highest BCUT2D eigenvalue weighted by atomic mass is 19.2. The van der Waals surface area contributed by atoms with E-state index in [2.05, 4.69) is 5.32 Å². The summed E-state index contributed by atoms with van der Waals surface area (Å²) < 4.78 is 28.3. The quantitative estimate of drug-likeness (QED) is 0.479. The van der Waals surface area contributed by atoms with Crippen molar-refractivity contribution in [3.63, 3.8) is 0 Å². The number of nitrogens with one attached hydrogen (secondary N) is 1. The summed E-state index contributed by atoms with van der Waals surface area (Å²) in [6.07, 6.45) is 0. The molecule has 0 unspecified atom stereocenters. The highest BCUT2D eigenvalue weighted by Crippen LogP contribution is 2.24. The predicted molar refractivity (Wildman–Crippen MR) is 112 cm³/mol. The maximum atomic E-state index is 13.6. The number of hydrogen-bond donors (Lipinski definition) is 2. The van der Waals surface area contributed by atoms with Crippen LogP contribution in [-0.4, -0.2) is 21.6 Å². The monoisotopic (exact) mass is 420 g/mol. The van der Waals surface area contributed by atoms with E-state index in [9.17, 15) is 23.5 Å². The molecule has 7 heteroatoms. The molecule has 1 amide bonds. The van der Waals surface area contributed by atoms with E-state index in [-0.39, 0.29) is 18.1 Å². The Kier molecular flexibility index (Phi) is 5.49. The van der Waals surface area contributed by atoms with Gasteiger partial charge in [-0.25, -0.2) is 13.6 Å². The van der Waals surface area contributed by atoms with Crippen LogP contribution in [0.5, 0.6) is 0 Å². The topological polar surface area (TPSA) is 71.3 Å². The predicted octanol–water partition coefficient (Wildman–Crippen LogP) is 4.60. The molecule has 0 aliphatic carbocycles. The van der Waals surface area contributed by atoms with Crippen LogP contribution >= 0.6 is 0 Å². The Morgan fingerprint density at radius 3 is 2.35 bits per heavy atom. The van der Waals surface area contributed by atoms with Crippen LogP contribution in [0.25, 0.3) is 10.9 Å². The van der Waals surface area contributed by atoms with Crippen LogP contribution < -0.4 is 5.32 Å². The maximum absolute atomic E-state index is 13.6. The normalized spacial score (nSPS) is 10.9. The Labute approximate surface area is 176 Å². The Morgan fingerprint density at radius 2 is 1.65 bits per heavy atom. The van der Waals surface area contributed by atoms with Gasteiger partial charge in [-0.05, 0) is 47.5 Å². The molecular weight excluding hydrogens is 402 g/mol. The van der Waals surface area contributed by atoms with Gasteiger partial charge in [0.05, 0.1) is 0 Å². The number of aromatic nitrogens is 1. The molecule has 0 saturated carbocycles. The van der Waals surface area contributed by atoms with E-state index >= 15 is 0 Å². The average molecular weight is 420 g/mol. The number of rotatable bonds is 6. The van der Waals surface area contributed by atoms with Gasteiger partial charge in [0, 0.05) is 29.6 Å². The van der Waals surface area contributed by atoms with Gasteiger partial charge in [0.2, 0.25) is 0 Å². The van der Waals surface area contributed by atoms with Crippen LogP contribution in [0.4, 0.5) is 8.78 Å². The number of carboxylic acid groups (broad SMARTS) is 1. The summed E-state index contributed by atoms with van der Waals surface area (Å²) >= 11 is 0. The maximum Gasteiger partial charge on any atom is 0.352 e. The smallest absolute Gasteiger partial charge is 0.352 e. The first-order chi connectivity index (χ1) is 14.9. The summed E-state index contributed by atoms with van der Waals surface area (Å²) in [5, 5.41) is 13.0. The van der Waals surface area contributed by atoms with Gasteiger partial charge in [0.25, 0.3) is 5.91 Å². The summed E-state index contributed by atoms with van der Waals surface area (Å²) in [6.45, 7) is 0.414. The zero-order chi connectivity index (χ0) is 22.0. The van der Waals surface area contributed by atoms with E-state index in [4.69, 9.17) is 0 Å². The largest absolute Gasteiger partial charge is 0.477 e. The zero-order valence-electron chi connectivity index (χ0n) is 16.3. The molecule has 0 saturated heterocycles. The second-order valence-electron chi connectivity index (χ2n) is 7.11. The highest BCUT2D eigenvalue weighted by molar-refractivity contribution is 6.00. The zero-order valence-corrected chi connectivity index (χ0v) is 16.3. The molecule has 0 atom stereocenters. The SMILES string of the molecule is O=C(NCc1ccccc1)c1ccc2c(c1)cc(C(=O)O)n2Cc1ccc(F)c(F)c1. The van der Waals surface area contributed by atoms with E-state index in [0.717, 1.165) is 17.7 Å². The Bertz CT molecular complexity index is 1280. The van der Waals surface area contributed by atoms with Crippen molar-refractivity contribution in [3.8, 4) is 0 Å². The lowest BCUT2D eigenvalue weighted by molar-refractivity contribution is 0.0686. The fourth-order valence-electron chi connectivity index (χ4n) is 3.46. The molecule has 4 rings (SSSR count). The molecule has 31 heavy (non-hydrogen) atoms. The number of hydrogen-bond acceptors (Lipinski definition) is 2. The van der Waals surface area contributed by atoms with Crippen LogP contribution in [0.15, 0.2) is 72.8 Å². The molecule has 0 spiro atoms. The fourth-order valence-corrected chi connectivity index (χ4v) is 3.46. The van der Waals surface area contributed by atoms with E-state index in [1.165, 1.54) is 16.7 Å². The first-order valence-electron chi connectivity index (χ1n) is 9.55. The van der Waals surface area contributed by atoms with Gasteiger partial charge in [0.1, 0.15) is 5.69 Å². The number of carbonyl (C=O) groups is 2. The lowest BCUT2D eigenvalue weighted by Crippen LogP contribution is -2.22. The van der Waals surface area contributed by atoms with Crippen molar-refractivity contribution in [2.24, 2.45) is 0 Å². The van der Waals surface area contributed by atoms with Gasteiger partial charge >= 0.3 is 5.97 Å². The number of carbonyl (C=O) groups excluding carboxylic acids is 1. The Hall–Kier alpha value is -4.00. The van der Waals surface area contributed by atoms with Gasteiger partial charge < -0.3 is 15.0 Å². The van der Waals surface area contributed by atoms with E-state index in [1.807, 2.05) is 30.3 Å². The molecule has 2 N–H and O–H groups in total. The summed E-state index contributed by atoms with van der Waals surface area (Å²) in [7, 11) is 0. The van der Waals surface area contributed by atoms with E-state index in [1.54, 1.807) is 18.2 Å². The van der Waals surface area contributed by atoms with Crippen LogP contribution in [0.2, 0.25) is 0 Å². The van der Waals surface area contributed by atoms with Crippen molar-refractivity contribution in [1.29, 1.82) is 0 Å². The number of aromatic carboxylic acids is 1. The van der Waals surface area contributed by atoms with Gasteiger partial charge in [-0.2, -0.15) is 0 Å². The second kappa shape index (κ2) is 8.39. The van der Waals surface area contributed by atoms with Gasteiger partial charge in [-0.1, -0.05) is 36.4 Å². The van der Waals surface area contributed by atoms with Crippen molar-refractivity contribution in [3.05, 3.63) is 107 Å². The molecule has 0 bridgehead atoms. The number of carboxylic acids is 1. The molecule has 0 fully saturated rings. The summed E-state index contributed by atoms with van der Waals surface area (Å²) in [5.74, 6) is -3.40. The third kappa shape index (κ3) is 4.30. The molecule has 156 valence electrons. The number of amides is 1. The molecular formula is C24H18F2N2O3. The molecule has 5 nitrogen and oxygen atoms in total. The van der Waals surface area contributed by atoms with Crippen LogP contribution in [0, 0.1) is 11.6 Å². The number of nitrogens with zero attached hydrogens (tertiary/aromatic N) is 1. The molecule has 0 aliphatic heterocycles. The Morgan fingerprint density at radius 1 is 0.871 bits per heavy atom. The van der Waals surface area contributed by atoms with Crippen LogP contribution in [0.3, 0.4) is 0 Å². The van der Waals surface area contributed by atoms with Crippen LogP contribution in [0.1, 0.15) is 32.0 Å². The van der Waals surface area contributed by atoms with Gasteiger partial charge in [-0.3, -0.25) is 4.79 Å². The third-order valence-corrected chi connectivity index (χ3v) is 5.00. The fraction of sp³-hybridized carbons (Fsp3) is 0.0833. The lowest BCUT2D eigenvalue weighted by Gasteiger charge is -2.10. The van der Waals surface area contributed by atoms with Gasteiger partial charge in [-0.15, -0.1) is 0 Å². The van der Waals surface area contributed by atoms with E-state index in [0.29, 0.717) is 28.6 Å². The number of halogens is 2. The summed E-state index contributed by atoms with van der Waals surface area (Å²) in [4.78, 5) is 24.3. The average Bonchev–Trinajstić information content (AvgIpc) is 3.13. The van der Waals surface area contributed by atoms with Crippen molar-refractivity contribution in [2.45, 2.75) is 13.1 Å². The van der Waals surface area contributed by atoms with Crippen molar-refractivity contribution in [1.82, 2.24) is 9.88 Å². The Balaban J connectivity index is 1.63. The van der Waals surface area contributed by atoms with Crippen LogP contribution in [-0.2, 0) is 13.1 Å². The second-order valence-corrected chi connectivity index (χ2v) is 7.11. The summed E-state index contributed by atoms with van der Waals surface area (Å²) in [5.41, 5.74) is 2.33. The van der Waals surface area contributed by atoms with E-state index < -0.39 is 17.6 Å². The lowest BCUT2D eigenvalue weighted by atomic mass is 10.1. The number of benzene rings is 3. The molecule has 1 heterocycles. The van der Waals surface area contributed by atoms with Crippen molar-refractivity contribution >= 4 is 22.8 Å². The molecule has 1 aromatic heterocycles. The van der Waals surface area contributed by atoms with Crippen molar-refractivity contribution in [2.75, 3.05) is 0 Å². The first kappa shape index (κ1) is 20.3. The first-order valence-corrected chi connectivity index (χ1v) is 9.55. The highest BCUT2D eigenvalue weighted by Gasteiger charge is 2.17. The summed E-state index contributed by atoms with van der Waals surface area (Å²) in [6, 6.07) is 19.3. The van der Waals surface area contributed by atoms with Crippen molar-refractivity contribution < 1.29 is 23.5 Å². The molecule has 0 radical (unpaired) electrons. The molecule has 0 aliphatic rings. The minimum atomic E-state index is -1.16. The van der Waals surface area contributed by atoms with Gasteiger partial charge in [0.15, 0.2) is 11.6 Å². The minimum Gasteiger partial charge on any atom is -0.477 e. The molecule has 4 aromatic rings. The standard InChI is InChI=1S/C24H18F2N2O3/c25-19-8-6-16(10-20(19)26)14-28-21-9-7-17(11-18(21)12-22(28)24(30)31)23(29)27-13-15-4-2-1-3-5-15/h1-12H,13-14H2,(H,27,29)(H,30,31). The molecule has 3 aromatic carbocycles. The number of fused-ring (bicyclic) bond motifs is 1. The minimum absolute atomic E-state index is 0.0124. The third-order valence-electron chi connectivity index (χ3n) is 5.00.